The Morgan fingerprint density at radius 1 is 1.23 bits per heavy atom. The molecular weight excluding hydrogens is 371 g/mol. The van der Waals surface area contributed by atoms with Gasteiger partial charge in [0.05, 0.1) is 17.7 Å². The number of nitrogens with zero attached hydrogens (tertiary/aromatic N) is 3. The van der Waals surface area contributed by atoms with Gasteiger partial charge in [-0.1, -0.05) is 11.6 Å². The molecule has 0 spiro atoms. The Balaban J connectivity index is 0.00000243. The normalized spacial score (nSPS) is 24.8. The first-order valence-corrected chi connectivity index (χ1v) is 8.86. The van der Waals surface area contributed by atoms with Crippen molar-refractivity contribution in [2.24, 2.45) is 5.92 Å². The summed E-state index contributed by atoms with van der Waals surface area (Å²) in [4.78, 5) is 12.5. The molecule has 10 heteroatoms. The van der Waals surface area contributed by atoms with E-state index in [9.17, 15) is 18.0 Å². The topological polar surface area (TPSA) is 71.8 Å². The van der Waals surface area contributed by atoms with Crippen LogP contribution >= 0.6 is 12.4 Å². The Kier molecular flexibility index (Phi) is 6.90. The highest BCUT2D eigenvalue weighted by Crippen LogP contribution is 2.37. The molecule has 26 heavy (non-hydrogen) atoms. The van der Waals surface area contributed by atoms with Gasteiger partial charge < -0.3 is 10.6 Å². The van der Waals surface area contributed by atoms with Crippen LogP contribution in [0.25, 0.3) is 0 Å². The molecule has 1 saturated carbocycles. The largest absolute Gasteiger partial charge is 0.391 e. The predicted octanol–water partition coefficient (Wildman–Crippen LogP) is 2.78. The number of hydrogen-bond donors (Lipinski definition) is 2. The molecule has 2 heterocycles. The Labute approximate surface area is 156 Å². The van der Waals surface area contributed by atoms with Crippen molar-refractivity contribution in [3.63, 3.8) is 0 Å². The molecule has 1 amide bonds. The van der Waals surface area contributed by atoms with E-state index in [1.165, 1.54) is 0 Å². The predicted molar refractivity (Wildman–Crippen MR) is 92.4 cm³/mol. The van der Waals surface area contributed by atoms with Crippen LogP contribution in [-0.4, -0.2) is 46.2 Å². The zero-order chi connectivity index (χ0) is 18.0. The molecule has 1 aliphatic carbocycles. The summed E-state index contributed by atoms with van der Waals surface area (Å²) in [6, 6.07) is -0.254. The van der Waals surface area contributed by atoms with Crippen molar-refractivity contribution in [2.45, 2.75) is 63.7 Å². The van der Waals surface area contributed by atoms with Crippen LogP contribution in [0, 0.1) is 12.8 Å². The number of nitrogens with one attached hydrogen (secondary N) is 2. The van der Waals surface area contributed by atoms with Crippen molar-refractivity contribution in [2.75, 3.05) is 13.1 Å². The van der Waals surface area contributed by atoms with Crippen molar-refractivity contribution in [1.82, 2.24) is 25.6 Å². The van der Waals surface area contributed by atoms with Gasteiger partial charge in [-0.05, 0) is 52.1 Å². The molecule has 1 saturated heterocycles. The molecule has 2 N–H and O–H groups in total. The second kappa shape index (κ2) is 8.56. The van der Waals surface area contributed by atoms with Gasteiger partial charge in [0.15, 0.2) is 5.69 Å². The summed E-state index contributed by atoms with van der Waals surface area (Å²) < 4.78 is 40.5. The van der Waals surface area contributed by atoms with Crippen molar-refractivity contribution in [3.05, 3.63) is 11.4 Å². The number of piperidine rings is 1. The van der Waals surface area contributed by atoms with Crippen molar-refractivity contribution in [1.29, 1.82) is 0 Å². The second-order valence-electron chi connectivity index (χ2n) is 7.02. The molecule has 2 unspecified atom stereocenters. The van der Waals surface area contributed by atoms with Gasteiger partial charge in [-0.3, -0.25) is 4.79 Å². The fourth-order valence-corrected chi connectivity index (χ4v) is 3.82. The minimum Gasteiger partial charge on any atom is -0.348 e. The van der Waals surface area contributed by atoms with Crippen LogP contribution in [0.4, 0.5) is 13.2 Å². The summed E-state index contributed by atoms with van der Waals surface area (Å²) in [7, 11) is 0. The van der Waals surface area contributed by atoms with E-state index in [0.29, 0.717) is 18.5 Å². The van der Waals surface area contributed by atoms with Crippen LogP contribution in [0.1, 0.15) is 60.7 Å². The highest BCUT2D eigenvalue weighted by molar-refractivity contribution is 5.93. The smallest absolute Gasteiger partial charge is 0.348 e. The summed E-state index contributed by atoms with van der Waals surface area (Å²) in [5.74, 6) is -1.76. The van der Waals surface area contributed by atoms with Crippen LogP contribution in [0.15, 0.2) is 0 Å². The molecule has 0 bridgehead atoms. The molecule has 6 nitrogen and oxygen atoms in total. The molecule has 1 aromatic rings. The number of alkyl halides is 3. The van der Waals surface area contributed by atoms with E-state index in [-0.39, 0.29) is 37.0 Å². The van der Waals surface area contributed by atoms with Gasteiger partial charge in [0.25, 0.3) is 5.91 Å². The van der Waals surface area contributed by atoms with Gasteiger partial charge in [-0.2, -0.15) is 13.2 Å². The minimum absolute atomic E-state index is 0. The van der Waals surface area contributed by atoms with E-state index in [0.717, 1.165) is 25.9 Å². The van der Waals surface area contributed by atoms with E-state index in [2.05, 4.69) is 20.9 Å². The molecule has 148 valence electrons. The SMILES string of the molecule is Cc1c(C(=O)NC2CCCC(C(F)(F)F)C2)nnn1C1CCNCC1.Cl. The highest BCUT2D eigenvalue weighted by atomic mass is 35.5. The maximum atomic E-state index is 12.9. The first-order valence-electron chi connectivity index (χ1n) is 8.86. The monoisotopic (exact) mass is 395 g/mol. The number of aromatic nitrogens is 3. The maximum Gasteiger partial charge on any atom is 0.391 e. The average molecular weight is 396 g/mol. The van der Waals surface area contributed by atoms with Crippen LogP contribution in [0.5, 0.6) is 0 Å². The lowest BCUT2D eigenvalue weighted by Crippen LogP contribution is -2.41. The first-order chi connectivity index (χ1) is 11.9. The zero-order valence-corrected chi connectivity index (χ0v) is 15.5. The molecule has 3 rings (SSSR count). The van der Waals surface area contributed by atoms with Gasteiger partial charge in [0.2, 0.25) is 0 Å². The Hall–Kier alpha value is -1.35. The molecule has 2 aliphatic rings. The summed E-state index contributed by atoms with van der Waals surface area (Å²) in [6.07, 6.45) is -1.24. The third kappa shape index (κ3) is 4.68. The number of carbonyl (C=O) groups is 1. The minimum atomic E-state index is -4.20. The maximum absolute atomic E-state index is 12.9. The fourth-order valence-electron chi connectivity index (χ4n) is 3.82. The first kappa shape index (κ1) is 21.0. The number of halogens is 4. The molecule has 0 aromatic carbocycles. The van der Waals surface area contributed by atoms with Gasteiger partial charge in [-0.15, -0.1) is 17.5 Å². The van der Waals surface area contributed by atoms with E-state index < -0.39 is 24.0 Å². The number of amides is 1. The van der Waals surface area contributed by atoms with Crippen LogP contribution < -0.4 is 10.6 Å². The number of hydrogen-bond acceptors (Lipinski definition) is 4. The quantitative estimate of drug-likeness (QED) is 0.825. The van der Waals surface area contributed by atoms with E-state index in [4.69, 9.17) is 0 Å². The fraction of sp³-hybridized carbons (Fsp3) is 0.812. The van der Waals surface area contributed by atoms with Crippen molar-refractivity contribution >= 4 is 18.3 Å². The molecular formula is C16H25ClF3N5O. The van der Waals surface area contributed by atoms with Gasteiger partial charge in [0, 0.05) is 6.04 Å². The van der Waals surface area contributed by atoms with Crippen molar-refractivity contribution in [3.8, 4) is 0 Å². The lowest BCUT2D eigenvalue weighted by molar-refractivity contribution is -0.183. The van der Waals surface area contributed by atoms with Crippen molar-refractivity contribution < 1.29 is 18.0 Å². The van der Waals surface area contributed by atoms with Gasteiger partial charge in [-0.25, -0.2) is 4.68 Å². The standard InChI is InChI=1S/C16H24F3N5O.ClH/c1-10-14(22-23-24(10)13-5-7-20-8-6-13)15(25)21-12-4-2-3-11(9-12)16(17,18)19;/h11-13,20H,2-9H2,1H3,(H,21,25);1H. The average Bonchev–Trinajstić information content (AvgIpc) is 2.97. The van der Waals surface area contributed by atoms with E-state index in [1.807, 2.05) is 0 Å². The lowest BCUT2D eigenvalue weighted by atomic mass is 9.85. The van der Waals surface area contributed by atoms with Gasteiger partial charge >= 0.3 is 6.18 Å². The lowest BCUT2D eigenvalue weighted by Gasteiger charge is -2.30. The molecule has 1 aliphatic heterocycles. The Morgan fingerprint density at radius 3 is 2.58 bits per heavy atom. The van der Waals surface area contributed by atoms with Crippen LogP contribution in [-0.2, 0) is 0 Å². The van der Waals surface area contributed by atoms with E-state index >= 15 is 0 Å². The summed E-state index contributed by atoms with van der Waals surface area (Å²) in [5, 5.41) is 14.1. The molecule has 2 atom stereocenters. The Bertz CT molecular complexity index is 616. The number of carbonyl (C=O) groups excluding carboxylic acids is 1. The summed E-state index contributed by atoms with van der Waals surface area (Å²) >= 11 is 0. The zero-order valence-electron chi connectivity index (χ0n) is 14.7. The molecule has 2 fully saturated rings. The molecule has 1 aromatic heterocycles. The summed E-state index contributed by atoms with van der Waals surface area (Å²) in [6.45, 7) is 3.58. The van der Waals surface area contributed by atoms with E-state index in [1.54, 1.807) is 11.6 Å². The van der Waals surface area contributed by atoms with Crippen LogP contribution in [0.2, 0.25) is 0 Å². The third-order valence-corrected chi connectivity index (χ3v) is 5.27. The number of rotatable bonds is 3. The molecule has 0 radical (unpaired) electrons. The second-order valence-corrected chi connectivity index (χ2v) is 7.02. The summed E-state index contributed by atoms with van der Waals surface area (Å²) in [5.41, 5.74) is 0.889. The highest BCUT2D eigenvalue weighted by Gasteiger charge is 2.42. The van der Waals surface area contributed by atoms with Gasteiger partial charge in [0.1, 0.15) is 0 Å². The Morgan fingerprint density at radius 2 is 1.92 bits per heavy atom. The third-order valence-electron chi connectivity index (χ3n) is 5.27. The van der Waals surface area contributed by atoms with Crippen LogP contribution in [0.3, 0.4) is 0 Å².